The Labute approximate surface area is 159 Å². The number of carbonyl (C=O) groups excluding carboxylic acids is 1. The molecule has 3 heteroatoms. The van der Waals surface area contributed by atoms with Gasteiger partial charge >= 0.3 is 0 Å². The molecular formula is C24H24O3. The molecule has 2 aromatic carbocycles. The molecule has 7 rings (SSSR count). The standard InChI is InChI=1S/C24H24O3/c25-12-14-1-3-17(4-2-14)18-10-21(24-22(11-18)26-13-27-24)23-19-6-15-5-16(8-19)9-20(23)7-15/h1-4,10-12,15-16,19-20,23H,5-9,13H2. The van der Waals surface area contributed by atoms with Gasteiger partial charge in [0.1, 0.15) is 6.29 Å². The quantitative estimate of drug-likeness (QED) is 0.684. The molecule has 0 amide bonds. The molecule has 4 bridgehead atoms. The Morgan fingerprint density at radius 2 is 1.52 bits per heavy atom. The summed E-state index contributed by atoms with van der Waals surface area (Å²) in [6, 6.07) is 12.3. The molecule has 0 atom stereocenters. The molecule has 0 N–H and O–H groups in total. The molecule has 27 heavy (non-hydrogen) atoms. The van der Waals surface area contributed by atoms with Gasteiger partial charge in [-0.15, -0.1) is 0 Å². The number of fused-ring (bicyclic) bond motifs is 1. The highest BCUT2D eigenvalue weighted by molar-refractivity contribution is 5.77. The normalized spacial score (nSPS) is 32.7. The zero-order valence-corrected chi connectivity index (χ0v) is 15.4. The van der Waals surface area contributed by atoms with Gasteiger partial charge in [-0.25, -0.2) is 0 Å². The first kappa shape index (κ1) is 15.7. The van der Waals surface area contributed by atoms with Crippen molar-refractivity contribution in [1.82, 2.24) is 0 Å². The third-order valence-electron chi connectivity index (χ3n) is 7.47. The smallest absolute Gasteiger partial charge is 0.231 e. The van der Waals surface area contributed by atoms with E-state index in [1.165, 1.54) is 43.2 Å². The van der Waals surface area contributed by atoms with Crippen LogP contribution in [-0.2, 0) is 0 Å². The summed E-state index contributed by atoms with van der Waals surface area (Å²) in [4.78, 5) is 11.0. The second-order valence-corrected chi connectivity index (χ2v) is 9.00. The van der Waals surface area contributed by atoms with Gasteiger partial charge in [-0.1, -0.05) is 24.3 Å². The number of aldehydes is 1. The fourth-order valence-electron chi connectivity index (χ4n) is 6.64. The van der Waals surface area contributed by atoms with Gasteiger partial charge in [-0.3, -0.25) is 4.79 Å². The summed E-state index contributed by atoms with van der Waals surface area (Å²) in [6.07, 6.45) is 7.94. The van der Waals surface area contributed by atoms with E-state index in [0.29, 0.717) is 18.3 Å². The molecule has 0 unspecified atom stereocenters. The molecule has 138 valence electrons. The number of hydrogen-bond acceptors (Lipinski definition) is 3. The van der Waals surface area contributed by atoms with Gasteiger partial charge in [-0.05, 0) is 85.0 Å². The second-order valence-electron chi connectivity index (χ2n) is 9.00. The van der Waals surface area contributed by atoms with Gasteiger partial charge in [0.15, 0.2) is 11.5 Å². The third kappa shape index (κ3) is 2.44. The monoisotopic (exact) mass is 360 g/mol. The molecule has 0 aromatic heterocycles. The van der Waals surface area contributed by atoms with Crippen molar-refractivity contribution in [2.45, 2.75) is 38.0 Å². The molecule has 5 aliphatic rings. The van der Waals surface area contributed by atoms with E-state index in [1.807, 2.05) is 24.3 Å². The molecular weight excluding hydrogens is 336 g/mol. The van der Waals surface area contributed by atoms with E-state index in [2.05, 4.69) is 12.1 Å². The first-order chi connectivity index (χ1) is 13.3. The average molecular weight is 360 g/mol. The van der Waals surface area contributed by atoms with E-state index in [1.54, 1.807) is 0 Å². The van der Waals surface area contributed by atoms with E-state index in [0.717, 1.165) is 47.0 Å². The zero-order valence-electron chi connectivity index (χ0n) is 15.4. The molecule has 0 spiro atoms. The lowest BCUT2D eigenvalue weighted by atomic mass is 9.50. The second kappa shape index (κ2) is 5.85. The van der Waals surface area contributed by atoms with Gasteiger partial charge in [0, 0.05) is 11.1 Å². The van der Waals surface area contributed by atoms with Crippen LogP contribution < -0.4 is 9.47 Å². The fourth-order valence-corrected chi connectivity index (χ4v) is 6.64. The Hall–Kier alpha value is -2.29. The van der Waals surface area contributed by atoms with Crippen LogP contribution in [0.3, 0.4) is 0 Å². The zero-order chi connectivity index (χ0) is 18.0. The van der Waals surface area contributed by atoms with E-state index in [4.69, 9.17) is 9.47 Å². The molecule has 0 saturated heterocycles. The summed E-state index contributed by atoms with van der Waals surface area (Å²) in [5, 5.41) is 0. The van der Waals surface area contributed by atoms with Crippen molar-refractivity contribution in [3.8, 4) is 22.6 Å². The molecule has 4 saturated carbocycles. The maximum Gasteiger partial charge on any atom is 0.231 e. The molecule has 1 heterocycles. The van der Waals surface area contributed by atoms with E-state index < -0.39 is 0 Å². The van der Waals surface area contributed by atoms with Crippen LogP contribution in [0.5, 0.6) is 11.5 Å². The summed E-state index contributed by atoms with van der Waals surface area (Å²) in [6.45, 7) is 0.323. The predicted molar refractivity (Wildman–Crippen MR) is 103 cm³/mol. The van der Waals surface area contributed by atoms with Crippen molar-refractivity contribution in [2.75, 3.05) is 6.79 Å². The summed E-state index contributed by atoms with van der Waals surface area (Å²) >= 11 is 0. The Morgan fingerprint density at radius 3 is 2.19 bits per heavy atom. The SMILES string of the molecule is O=Cc1ccc(-c2cc3c(c(C4C5CC6CC(C5)CC4C6)c2)OCO3)cc1. The lowest BCUT2D eigenvalue weighted by Crippen LogP contribution is -2.43. The Kier molecular flexibility index (Phi) is 3.41. The molecule has 0 radical (unpaired) electrons. The summed E-state index contributed by atoms with van der Waals surface area (Å²) in [7, 11) is 0. The molecule has 2 aromatic rings. The van der Waals surface area contributed by atoms with Crippen molar-refractivity contribution in [1.29, 1.82) is 0 Å². The van der Waals surface area contributed by atoms with Crippen molar-refractivity contribution < 1.29 is 14.3 Å². The van der Waals surface area contributed by atoms with E-state index >= 15 is 0 Å². The number of benzene rings is 2. The van der Waals surface area contributed by atoms with Gasteiger partial charge in [0.25, 0.3) is 0 Å². The predicted octanol–water partition coefficient (Wildman–Crippen LogP) is 5.43. The van der Waals surface area contributed by atoms with Crippen LogP contribution in [0.2, 0.25) is 0 Å². The average Bonchev–Trinajstić information content (AvgIpc) is 3.16. The van der Waals surface area contributed by atoms with Gasteiger partial charge < -0.3 is 9.47 Å². The van der Waals surface area contributed by atoms with Crippen molar-refractivity contribution in [2.24, 2.45) is 23.7 Å². The largest absolute Gasteiger partial charge is 0.454 e. The van der Waals surface area contributed by atoms with Crippen molar-refractivity contribution >= 4 is 6.29 Å². The van der Waals surface area contributed by atoms with Crippen molar-refractivity contribution in [3.05, 3.63) is 47.5 Å². The maximum absolute atomic E-state index is 11.0. The Balaban J connectivity index is 1.45. The number of ether oxygens (including phenoxy) is 2. The van der Waals surface area contributed by atoms with Gasteiger partial charge in [0.05, 0.1) is 0 Å². The highest BCUT2D eigenvalue weighted by Crippen LogP contribution is 2.62. The first-order valence-corrected chi connectivity index (χ1v) is 10.3. The fraction of sp³-hybridized carbons (Fsp3) is 0.458. The lowest BCUT2D eigenvalue weighted by molar-refractivity contribution is -0.00356. The minimum absolute atomic E-state index is 0.323. The number of rotatable bonds is 3. The van der Waals surface area contributed by atoms with Crippen LogP contribution in [0.1, 0.15) is 53.9 Å². The first-order valence-electron chi connectivity index (χ1n) is 10.3. The van der Waals surface area contributed by atoms with Crippen LogP contribution in [0.25, 0.3) is 11.1 Å². The van der Waals surface area contributed by atoms with Crippen molar-refractivity contribution in [3.63, 3.8) is 0 Å². The molecule has 1 aliphatic heterocycles. The van der Waals surface area contributed by atoms with Gasteiger partial charge in [0.2, 0.25) is 6.79 Å². The van der Waals surface area contributed by atoms with Crippen LogP contribution >= 0.6 is 0 Å². The summed E-state index contributed by atoms with van der Waals surface area (Å²) in [5.41, 5.74) is 4.37. The topological polar surface area (TPSA) is 35.5 Å². The molecule has 4 fully saturated rings. The molecule has 3 nitrogen and oxygen atoms in total. The Morgan fingerprint density at radius 1 is 0.815 bits per heavy atom. The lowest BCUT2D eigenvalue weighted by Gasteiger charge is -2.54. The van der Waals surface area contributed by atoms with Crippen LogP contribution in [0, 0.1) is 23.7 Å². The van der Waals surface area contributed by atoms with Crippen LogP contribution in [-0.4, -0.2) is 13.1 Å². The third-order valence-corrected chi connectivity index (χ3v) is 7.47. The summed E-state index contributed by atoms with van der Waals surface area (Å²) < 4.78 is 11.8. The minimum atomic E-state index is 0.323. The Bertz CT molecular complexity index is 871. The van der Waals surface area contributed by atoms with E-state index in [-0.39, 0.29) is 0 Å². The minimum Gasteiger partial charge on any atom is -0.454 e. The summed E-state index contributed by atoms with van der Waals surface area (Å²) in [5.74, 6) is 6.03. The van der Waals surface area contributed by atoms with E-state index in [9.17, 15) is 4.79 Å². The van der Waals surface area contributed by atoms with Gasteiger partial charge in [-0.2, -0.15) is 0 Å². The maximum atomic E-state index is 11.0. The molecule has 4 aliphatic carbocycles. The van der Waals surface area contributed by atoms with Crippen LogP contribution in [0.15, 0.2) is 36.4 Å². The van der Waals surface area contributed by atoms with Crippen LogP contribution in [0.4, 0.5) is 0 Å². The number of hydrogen-bond donors (Lipinski definition) is 0. The highest BCUT2D eigenvalue weighted by Gasteiger charge is 2.49. The number of carbonyl (C=O) groups is 1. The highest BCUT2D eigenvalue weighted by atomic mass is 16.7.